The number of hydrogen-bond donors (Lipinski definition) is 1. The van der Waals surface area contributed by atoms with Gasteiger partial charge in [-0.1, -0.05) is 24.0 Å². The predicted octanol–water partition coefficient (Wildman–Crippen LogP) is 4.95. The molecule has 1 aliphatic heterocycles. The zero-order valence-electron chi connectivity index (χ0n) is 15.6. The van der Waals surface area contributed by atoms with Crippen LogP contribution in [0.2, 0.25) is 0 Å². The Morgan fingerprint density at radius 3 is 2.52 bits per heavy atom. The first-order chi connectivity index (χ1) is 14.7. The summed E-state index contributed by atoms with van der Waals surface area (Å²) in [5, 5.41) is 24.8. The summed E-state index contributed by atoms with van der Waals surface area (Å²) >= 11 is 9.45. The van der Waals surface area contributed by atoms with Gasteiger partial charge in [-0.15, -0.1) is 0 Å². The first kappa shape index (κ1) is 22.7. The van der Waals surface area contributed by atoms with Crippen molar-refractivity contribution in [2.75, 3.05) is 6.61 Å². The van der Waals surface area contributed by atoms with E-state index in [-0.39, 0.29) is 29.8 Å². The average molecular weight is 526 g/mol. The van der Waals surface area contributed by atoms with Crippen LogP contribution in [-0.4, -0.2) is 26.7 Å². The Morgan fingerprint density at radius 1 is 1.19 bits per heavy atom. The number of non-ortho nitro benzene ring substituents is 1. The van der Waals surface area contributed by atoms with Gasteiger partial charge in [0.1, 0.15) is 4.32 Å². The van der Waals surface area contributed by atoms with E-state index in [4.69, 9.17) is 21.7 Å². The number of hydrogen-bond acceptors (Lipinski definition) is 9. The third-order valence-electron chi connectivity index (χ3n) is 3.83. The molecule has 0 radical (unpaired) electrons. The number of nitrogens with one attached hydrogen (secondary N) is 1. The van der Waals surface area contributed by atoms with Gasteiger partial charge in [0.2, 0.25) is 5.75 Å². The van der Waals surface area contributed by atoms with E-state index in [0.717, 1.165) is 30.0 Å². The molecule has 0 saturated carbocycles. The summed E-state index contributed by atoms with van der Waals surface area (Å²) in [7, 11) is 0. The van der Waals surface area contributed by atoms with Crippen molar-refractivity contribution in [3.05, 3.63) is 65.5 Å². The Morgan fingerprint density at radius 2 is 1.94 bits per heavy atom. The molecule has 31 heavy (non-hydrogen) atoms. The maximum Gasteiger partial charge on any atom is 0.318 e. The summed E-state index contributed by atoms with van der Waals surface area (Å²) in [6.45, 7) is 2.01. The van der Waals surface area contributed by atoms with E-state index in [1.54, 1.807) is 25.1 Å². The molecule has 1 amide bonds. The molecule has 0 aromatic heterocycles. The highest BCUT2D eigenvalue weighted by atomic mass is 79.9. The summed E-state index contributed by atoms with van der Waals surface area (Å²) in [6.07, 6.45) is 1.62. The fourth-order valence-corrected chi connectivity index (χ4v) is 4.15. The van der Waals surface area contributed by atoms with E-state index in [9.17, 15) is 25.0 Å². The highest BCUT2D eigenvalue weighted by Gasteiger charge is 2.25. The van der Waals surface area contributed by atoms with Crippen molar-refractivity contribution in [2.24, 2.45) is 0 Å². The number of benzene rings is 2. The normalized spacial score (nSPS) is 14.5. The van der Waals surface area contributed by atoms with E-state index in [1.807, 2.05) is 0 Å². The number of carbonyl (C=O) groups excluding carboxylic acids is 1. The fourth-order valence-electron chi connectivity index (χ4n) is 2.56. The molecule has 10 nitrogen and oxygen atoms in total. The van der Waals surface area contributed by atoms with Crippen LogP contribution >= 0.6 is 39.9 Å². The van der Waals surface area contributed by atoms with Crippen molar-refractivity contribution in [1.29, 1.82) is 0 Å². The molecular weight excluding hydrogens is 514 g/mol. The maximum absolute atomic E-state index is 11.9. The van der Waals surface area contributed by atoms with E-state index in [0.29, 0.717) is 19.3 Å². The molecule has 1 fully saturated rings. The lowest BCUT2D eigenvalue weighted by Gasteiger charge is -2.14. The molecule has 0 unspecified atom stereocenters. The van der Waals surface area contributed by atoms with Crippen LogP contribution in [0.25, 0.3) is 6.08 Å². The lowest BCUT2D eigenvalue weighted by molar-refractivity contribution is -0.394. The standard InChI is InChI=1S/C18H12BrN3O7S2/c1-2-28-14-6-9(7-15-17(23)20-18(30)31-15)5-11(19)16(14)29-13-4-3-10(21(24)25)8-12(13)22(26)27/h3-8H,2H2,1H3,(H,20,23,30)/b15-7-. The summed E-state index contributed by atoms with van der Waals surface area (Å²) < 4.78 is 12.1. The van der Waals surface area contributed by atoms with Gasteiger partial charge in [0.05, 0.1) is 31.9 Å². The highest BCUT2D eigenvalue weighted by molar-refractivity contribution is 9.10. The van der Waals surface area contributed by atoms with Crippen LogP contribution in [0.4, 0.5) is 11.4 Å². The third-order valence-corrected chi connectivity index (χ3v) is 5.59. The van der Waals surface area contributed by atoms with Crippen LogP contribution in [0.3, 0.4) is 0 Å². The Hall–Kier alpha value is -3.03. The molecule has 1 aliphatic rings. The van der Waals surface area contributed by atoms with Gasteiger partial charge >= 0.3 is 5.69 Å². The van der Waals surface area contributed by atoms with Crippen LogP contribution in [0.1, 0.15) is 12.5 Å². The van der Waals surface area contributed by atoms with E-state index < -0.39 is 21.2 Å². The summed E-state index contributed by atoms with van der Waals surface area (Å²) in [5.74, 6) is -0.118. The number of amides is 1. The number of carbonyl (C=O) groups is 1. The Labute approximate surface area is 193 Å². The van der Waals surface area contributed by atoms with Crippen molar-refractivity contribution in [2.45, 2.75) is 6.92 Å². The van der Waals surface area contributed by atoms with E-state index >= 15 is 0 Å². The first-order valence-electron chi connectivity index (χ1n) is 8.51. The number of nitro groups is 2. The molecule has 1 N–H and O–H groups in total. The maximum atomic E-state index is 11.9. The SMILES string of the molecule is CCOc1cc(/C=C2\SC(=S)NC2=O)cc(Br)c1Oc1ccc([N+](=O)[O-])cc1[N+](=O)[O-]. The molecule has 1 saturated heterocycles. The van der Waals surface area contributed by atoms with E-state index in [1.165, 1.54) is 0 Å². The molecule has 13 heteroatoms. The van der Waals surface area contributed by atoms with Crippen molar-refractivity contribution < 1.29 is 24.1 Å². The van der Waals surface area contributed by atoms with Gasteiger partial charge in [0.15, 0.2) is 11.5 Å². The summed E-state index contributed by atoms with van der Waals surface area (Å²) in [4.78, 5) is 33.1. The van der Waals surface area contributed by atoms with Crippen molar-refractivity contribution in [1.82, 2.24) is 5.32 Å². The number of halogens is 1. The monoisotopic (exact) mass is 525 g/mol. The largest absolute Gasteiger partial charge is 0.490 e. The van der Waals surface area contributed by atoms with Crippen molar-refractivity contribution >= 4 is 67.6 Å². The smallest absolute Gasteiger partial charge is 0.318 e. The zero-order valence-corrected chi connectivity index (χ0v) is 18.8. The number of rotatable bonds is 7. The van der Waals surface area contributed by atoms with Crippen LogP contribution in [0.5, 0.6) is 17.2 Å². The molecule has 0 bridgehead atoms. The molecule has 1 heterocycles. The highest BCUT2D eigenvalue weighted by Crippen LogP contribution is 2.43. The minimum absolute atomic E-state index is 0.139. The van der Waals surface area contributed by atoms with Crippen molar-refractivity contribution in [3.8, 4) is 17.2 Å². The molecule has 0 spiro atoms. The summed E-state index contributed by atoms with van der Waals surface area (Å²) in [6, 6.07) is 6.31. The minimum atomic E-state index is -0.770. The van der Waals surface area contributed by atoms with Crippen LogP contribution in [0, 0.1) is 20.2 Å². The second-order valence-electron chi connectivity index (χ2n) is 5.88. The quantitative estimate of drug-likeness (QED) is 0.230. The molecule has 0 aliphatic carbocycles. The number of thiocarbonyl (C=S) groups is 1. The Balaban J connectivity index is 2.03. The molecule has 2 aromatic rings. The van der Waals surface area contributed by atoms with Gasteiger partial charge in [0.25, 0.3) is 11.6 Å². The second-order valence-corrected chi connectivity index (χ2v) is 8.46. The fraction of sp³-hybridized carbons (Fsp3) is 0.111. The lowest BCUT2D eigenvalue weighted by atomic mass is 10.1. The van der Waals surface area contributed by atoms with Crippen molar-refractivity contribution in [3.63, 3.8) is 0 Å². The molecule has 2 aromatic carbocycles. The van der Waals surface area contributed by atoms with Gasteiger partial charge in [-0.2, -0.15) is 0 Å². The number of nitro benzene ring substituents is 2. The molecule has 3 rings (SSSR count). The average Bonchev–Trinajstić information content (AvgIpc) is 3.01. The first-order valence-corrected chi connectivity index (χ1v) is 10.5. The number of ether oxygens (including phenoxy) is 2. The third kappa shape index (κ3) is 5.18. The lowest BCUT2D eigenvalue weighted by Crippen LogP contribution is -2.17. The predicted molar refractivity (Wildman–Crippen MR) is 121 cm³/mol. The van der Waals surface area contributed by atoms with Crippen LogP contribution < -0.4 is 14.8 Å². The van der Waals surface area contributed by atoms with Gasteiger partial charge in [-0.3, -0.25) is 25.0 Å². The number of nitrogens with zero attached hydrogens (tertiary/aromatic N) is 2. The Kier molecular flexibility index (Phi) is 6.87. The van der Waals surface area contributed by atoms with Gasteiger partial charge in [0, 0.05) is 6.07 Å². The second kappa shape index (κ2) is 9.41. The summed E-state index contributed by atoms with van der Waals surface area (Å²) in [5.41, 5.74) is -0.402. The molecule has 0 atom stereocenters. The van der Waals surface area contributed by atoms with Crippen LogP contribution in [-0.2, 0) is 4.79 Å². The molecular formula is C18H12BrN3O7S2. The van der Waals surface area contributed by atoms with E-state index in [2.05, 4.69) is 21.2 Å². The Bertz CT molecular complexity index is 1150. The van der Waals surface area contributed by atoms with Gasteiger partial charge in [-0.05, 0) is 52.7 Å². The zero-order chi connectivity index (χ0) is 22.7. The molecule has 160 valence electrons. The number of thioether (sulfide) groups is 1. The topological polar surface area (TPSA) is 134 Å². The minimum Gasteiger partial charge on any atom is -0.490 e. The van der Waals surface area contributed by atoms with Crippen LogP contribution in [0.15, 0.2) is 39.7 Å². The van der Waals surface area contributed by atoms with Gasteiger partial charge < -0.3 is 14.8 Å². The van der Waals surface area contributed by atoms with Gasteiger partial charge in [-0.25, -0.2) is 0 Å².